The molecule has 3 rings (SSSR count). The molecule has 0 bridgehead atoms. The van der Waals surface area contributed by atoms with Gasteiger partial charge in [-0.2, -0.15) is 0 Å². The van der Waals surface area contributed by atoms with Gasteiger partial charge in [-0.1, -0.05) is 6.07 Å². The van der Waals surface area contributed by atoms with Crippen LogP contribution in [0.5, 0.6) is 0 Å². The van der Waals surface area contributed by atoms with E-state index in [1.165, 1.54) is 0 Å². The van der Waals surface area contributed by atoms with E-state index in [1.54, 1.807) is 0 Å². The van der Waals surface area contributed by atoms with E-state index in [9.17, 15) is 0 Å². The second-order valence-corrected chi connectivity index (χ2v) is 3.57. The smallest absolute Gasteiger partial charge is 0.168 e. The highest BCUT2D eigenvalue weighted by molar-refractivity contribution is 5.85. The number of fused-ring (bicyclic) bond motifs is 1. The summed E-state index contributed by atoms with van der Waals surface area (Å²) < 4.78 is 1.95. The van der Waals surface area contributed by atoms with Gasteiger partial charge in [0, 0.05) is 17.4 Å². The summed E-state index contributed by atoms with van der Waals surface area (Å²) in [5, 5.41) is 8.27. The predicted octanol–water partition coefficient (Wildman–Crippen LogP) is 2.40. The Morgan fingerprint density at radius 1 is 0.941 bits per heavy atom. The zero-order chi connectivity index (χ0) is 11.0. The first-order valence-electron chi connectivity index (χ1n) is 5.00. The molecule has 86 valence electrons. The van der Waals surface area contributed by atoms with Crippen LogP contribution in [0.2, 0.25) is 0 Å². The van der Waals surface area contributed by atoms with Gasteiger partial charge in [0.05, 0.1) is 0 Å². The van der Waals surface area contributed by atoms with Gasteiger partial charge in [-0.15, -0.1) is 22.6 Å². The molecule has 0 spiro atoms. The van der Waals surface area contributed by atoms with Crippen LogP contribution in [0.15, 0.2) is 48.7 Å². The van der Waals surface area contributed by atoms with Crippen LogP contribution in [0.25, 0.3) is 17.0 Å². The van der Waals surface area contributed by atoms with Gasteiger partial charge in [0.25, 0.3) is 0 Å². The molecule has 1 aromatic carbocycles. The fourth-order valence-corrected chi connectivity index (χ4v) is 1.67. The van der Waals surface area contributed by atoms with Crippen molar-refractivity contribution in [2.45, 2.75) is 0 Å². The zero-order valence-corrected chi connectivity index (χ0v) is 9.76. The molecule has 2 aromatic heterocycles. The Balaban J connectivity index is 0.00000108. The number of aromatic nitrogens is 3. The molecular weight excluding hydrogens is 236 g/mol. The Hall–Kier alpha value is -2.07. The lowest BCUT2D eigenvalue weighted by atomic mass is 10.2. The maximum Gasteiger partial charge on any atom is 0.168 e. The van der Waals surface area contributed by atoms with Crippen molar-refractivity contribution in [1.29, 1.82) is 0 Å². The van der Waals surface area contributed by atoms with Crippen LogP contribution < -0.4 is 5.73 Å². The van der Waals surface area contributed by atoms with E-state index >= 15 is 0 Å². The van der Waals surface area contributed by atoms with Gasteiger partial charge in [-0.05, 0) is 36.4 Å². The number of halogens is 1. The summed E-state index contributed by atoms with van der Waals surface area (Å²) in [6, 6.07) is 13.4. The van der Waals surface area contributed by atoms with Crippen molar-refractivity contribution in [3.63, 3.8) is 0 Å². The van der Waals surface area contributed by atoms with E-state index in [-0.39, 0.29) is 12.4 Å². The third-order valence-corrected chi connectivity index (χ3v) is 2.48. The first-order chi connectivity index (χ1) is 7.84. The lowest BCUT2D eigenvalue weighted by Gasteiger charge is -1.99. The van der Waals surface area contributed by atoms with Crippen LogP contribution in [-0.4, -0.2) is 14.6 Å². The van der Waals surface area contributed by atoms with Crippen molar-refractivity contribution >= 4 is 23.7 Å². The molecule has 0 aliphatic rings. The number of hydrogen-bond donors (Lipinski definition) is 1. The molecule has 0 saturated heterocycles. The maximum absolute atomic E-state index is 5.65. The van der Waals surface area contributed by atoms with Crippen molar-refractivity contribution in [3.05, 3.63) is 48.7 Å². The molecule has 0 aliphatic heterocycles. The Labute approximate surface area is 105 Å². The second-order valence-electron chi connectivity index (χ2n) is 3.57. The molecule has 0 fully saturated rings. The minimum atomic E-state index is 0. The maximum atomic E-state index is 5.65. The second kappa shape index (κ2) is 4.43. The number of nitrogen functional groups attached to an aromatic ring is 1. The standard InChI is InChI=1S/C12H10N4.ClH/c13-10-6-4-9(5-7-10)12-15-14-11-3-1-2-8-16(11)12;/h1-8H,13H2;1H. The summed E-state index contributed by atoms with van der Waals surface area (Å²) >= 11 is 0. The fraction of sp³-hybridized carbons (Fsp3) is 0. The van der Waals surface area contributed by atoms with Crippen molar-refractivity contribution in [3.8, 4) is 11.4 Å². The van der Waals surface area contributed by atoms with Gasteiger partial charge in [-0.25, -0.2) is 0 Å². The van der Waals surface area contributed by atoms with Crippen LogP contribution in [-0.2, 0) is 0 Å². The largest absolute Gasteiger partial charge is 0.399 e. The Kier molecular flexibility index (Phi) is 2.97. The fourth-order valence-electron chi connectivity index (χ4n) is 1.67. The molecule has 0 unspecified atom stereocenters. The van der Waals surface area contributed by atoms with Crippen molar-refractivity contribution in [1.82, 2.24) is 14.6 Å². The molecule has 0 saturated carbocycles. The summed E-state index contributed by atoms with van der Waals surface area (Å²) in [7, 11) is 0. The number of nitrogens with zero attached hydrogens (tertiary/aromatic N) is 3. The number of benzene rings is 1. The molecule has 0 aliphatic carbocycles. The third-order valence-electron chi connectivity index (χ3n) is 2.48. The topological polar surface area (TPSA) is 56.2 Å². The van der Waals surface area contributed by atoms with Crippen molar-refractivity contribution in [2.24, 2.45) is 0 Å². The molecular formula is C12H11ClN4. The van der Waals surface area contributed by atoms with Gasteiger partial charge in [0.15, 0.2) is 11.5 Å². The molecule has 3 aromatic rings. The highest BCUT2D eigenvalue weighted by Gasteiger charge is 2.06. The molecule has 0 amide bonds. The molecule has 2 N–H and O–H groups in total. The van der Waals surface area contributed by atoms with E-state index in [2.05, 4.69) is 10.2 Å². The number of pyridine rings is 1. The van der Waals surface area contributed by atoms with Gasteiger partial charge in [0.2, 0.25) is 0 Å². The van der Waals surface area contributed by atoms with Crippen LogP contribution >= 0.6 is 12.4 Å². The third kappa shape index (κ3) is 1.94. The predicted molar refractivity (Wildman–Crippen MR) is 70.1 cm³/mol. The molecule has 17 heavy (non-hydrogen) atoms. The minimum absolute atomic E-state index is 0. The average Bonchev–Trinajstić information content (AvgIpc) is 2.74. The molecule has 2 heterocycles. The van der Waals surface area contributed by atoms with E-state index in [4.69, 9.17) is 5.73 Å². The summed E-state index contributed by atoms with van der Waals surface area (Å²) in [6.45, 7) is 0. The Morgan fingerprint density at radius 3 is 2.47 bits per heavy atom. The van der Waals surface area contributed by atoms with E-state index in [0.717, 1.165) is 22.7 Å². The van der Waals surface area contributed by atoms with Crippen molar-refractivity contribution in [2.75, 3.05) is 5.73 Å². The van der Waals surface area contributed by atoms with Gasteiger partial charge >= 0.3 is 0 Å². The van der Waals surface area contributed by atoms with Gasteiger partial charge in [0.1, 0.15) is 0 Å². The van der Waals surface area contributed by atoms with Crippen LogP contribution in [0.4, 0.5) is 5.69 Å². The molecule has 5 heteroatoms. The lowest BCUT2D eigenvalue weighted by molar-refractivity contribution is 1.11. The molecule has 4 nitrogen and oxygen atoms in total. The number of hydrogen-bond acceptors (Lipinski definition) is 3. The van der Waals surface area contributed by atoms with Crippen LogP contribution in [0.3, 0.4) is 0 Å². The number of anilines is 1. The van der Waals surface area contributed by atoms with Gasteiger partial charge in [-0.3, -0.25) is 4.40 Å². The van der Waals surface area contributed by atoms with Crippen LogP contribution in [0.1, 0.15) is 0 Å². The number of rotatable bonds is 1. The number of nitrogens with two attached hydrogens (primary N) is 1. The highest BCUT2D eigenvalue weighted by Crippen LogP contribution is 2.19. The first-order valence-corrected chi connectivity index (χ1v) is 5.00. The Morgan fingerprint density at radius 2 is 1.71 bits per heavy atom. The highest BCUT2D eigenvalue weighted by atomic mass is 35.5. The summed E-state index contributed by atoms with van der Waals surface area (Å²) in [4.78, 5) is 0. The quantitative estimate of drug-likeness (QED) is 0.671. The molecule has 0 atom stereocenters. The SMILES string of the molecule is Cl.Nc1ccc(-c2nnc3ccccn23)cc1. The summed E-state index contributed by atoms with van der Waals surface area (Å²) in [5.74, 6) is 0.829. The van der Waals surface area contributed by atoms with E-state index in [0.29, 0.717) is 0 Å². The van der Waals surface area contributed by atoms with E-state index in [1.807, 2.05) is 53.1 Å². The molecule has 0 radical (unpaired) electrons. The van der Waals surface area contributed by atoms with Gasteiger partial charge < -0.3 is 5.73 Å². The minimum Gasteiger partial charge on any atom is -0.399 e. The first kappa shape index (κ1) is 11.4. The zero-order valence-electron chi connectivity index (χ0n) is 8.95. The Bertz CT molecular complexity index is 630. The lowest BCUT2D eigenvalue weighted by Crippen LogP contribution is -1.89. The normalized spacial score (nSPS) is 10.1. The summed E-state index contributed by atoms with van der Waals surface area (Å²) in [6.07, 6.45) is 1.95. The summed E-state index contributed by atoms with van der Waals surface area (Å²) in [5.41, 5.74) is 8.25. The van der Waals surface area contributed by atoms with E-state index < -0.39 is 0 Å². The monoisotopic (exact) mass is 246 g/mol. The van der Waals surface area contributed by atoms with Crippen molar-refractivity contribution < 1.29 is 0 Å². The van der Waals surface area contributed by atoms with Crippen LogP contribution in [0, 0.1) is 0 Å². The average molecular weight is 247 g/mol.